The van der Waals surface area contributed by atoms with Gasteiger partial charge in [0.05, 0.1) is 30.7 Å². The number of likely N-dealkylation sites (N-methyl/N-ethyl adjacent to an activating group) is 1. The van der Waals surface area contributed by atoms with Crippen LogP contribution in [-0.2, 0) is 28.7 Å². The molecule has 1 spiro atoms. The van der Waals surface area contributed by atoms with E-state index in [9.17, 15) is 19.5 Å². The lowest BCUT2D eigenvalue weighted by Crippen LogP contribution is -2.57. The fourth-order valence-electron chi connectivity index (χ4n) is 8.18. The highest BCUT2D eigenvalue weighted by Gasteiger charge is 2.72. The molecule has 0 aromatic heterocycles. The normalized spacial score (nSPS) is 32.3. The number of hydrogen-bond donors (Lipinski definition) is 1. The van der Waals surface area contributed by atoms with E-state index >= 15 is 4.79 Å². The van der Waals surface area contributed by atoms with Gasteiger partial charge in [-0.1, -0.05) is 98.3 Å². The number of allylic oxidation sites excluding steroid dienone is 1. The van der Waals surface area contributed by atoms with Crippen molar-refractivity contribution in [1.29, 1.82) is 0 Å². The van der Waals surface area contributed by atoms with Gasteiger partial charge in [-0.3, -0.25) is 19.2 Å². The number of carbonyl (C=O) groups is 4. The maximum absolute atomic E-state index is 15.0. The number of esters is 1. The number of aliphatic hydroxyl groups excluding tert-OH is 1. The first-order valence-corrected chi connectivity index (χ1v) is 17.5. The van der Waals surface area contributed by atoms with Gasteiger partial charge in [0.2, 0.25) is 17.7 Å². The number of ether oxygens (including phenoxy) is 2. The Morgan fingerprint density at radius 3 is 2.35 bits per heavy atom. The van der Waals surface area contributed by atoms with E-state index in [1.807, 2.05) is 86.7 Å². The largest absolute Gasteiger partial charge is 0.455 e. The molecule has 4 aliphatic heterocycles. The maximum atomic E-state index is 15.0. The lowest BCUT2D eigenvalue weighted by atomic mass is 9.77. The van der Waals surface area contributed by atoms with E-state index in [1.54, 1.807) is 29.0 Å². The molecule has 0 radical (unpaired) electrons. The Labute approximate surface area is 288 Å². The zero-order valence-corrected chi connectivity index (χ0v) is 28.7. The minimum absolute atomic E-state index is 0.0884. The number of carbonyl (C=O) groups excluding carboxylic acids is 4. The molecule has 4 aliphatic rings. The van der Waals surface area contributed by atoms with Crippen LogP contribution in [0.4, 0.5) is 0 Å². The quantitative estimate of drug-likeness (QED) is 0.344. The van der Waals surface area contributed by atoms with Gasteiger partial charge in [0.15, 0.2) is 0 Å². The van der Waals surface area contributed by atoms with Crippen molar-refractivity contribution in [2.45, 2.75) is 88.4 Å². The van der Waals surface area contributed by atoms with Crippen molar-refractivity contribution in [3.8, 4) is 0 Å². The number of hydrogen-bond acceptors (Lipinski definition) is 7. The number of rotatable bonds is 7. The van der Waals surface area contributed by atoms with Crippen molar-refractivity contribution in [2.75, 3.05) is 20.2 Å². The van der Waals surface area contributed by atoms with Crippen molar-refractivity contribution < 1.29 is 33.8 Å². The van der Waals surface area contributed by atoms with Crippen LogP contribution in [-0.4, -0.2) is 93.5 Å². The zero-order chi connectivity index (χ0) is 34.9. The summed E-state index contributed by atoms with van der Waals surface area (Å²) in [6, 6.07) is 15.8. The van der Waals surface area contributed by atoms with E-state index < -0.39 is 66.3 Å². The SMILES string of the molecule is CCCC(C)N1CC=C[C@@]23O[C@H]4/C=C\CCC(=O)N(C)[C@@H](C)[C@H](c5ccccc5)OC(=O)[C@H]4[C@@H]2C(=O)N([C@H](CO)c2ccccc2)[C@H]3C1=O. The number of likely N-dealkylation sites (tertiary alicyclic amines) is 1. The highest BCUT2D eigenvalue weighted by atomic mass is 16.6. The van der Waals surface area contributed by atoms with Crippen LogP contribution in [0.2, 0.25) is 0 Å². The summed E-state index contributed by atoms with van der Waals surface area (Å²) in [7, 11) is 1.71. The number of aliphatic hydroxyl groups is 1. The van der Waals surface area contributed by atoms with Crippen molar-refractivity contribution in [2.24, 2.45) is 11.8 Å². The molecule has 0 saturated carbocycles. The van der Waals surface area contributed by atoms with Crippen LogP contribution in [0.5, 0.6) is 0 Å². The van der Waals surface area contributed by atoms with E-state index in [4.69, 9.17) is 9.47 Å². The minimum atomic E-state index is -1.50. The Morgan fingerprint density at radius 2 is 1.67 bits per heavy atom. The molecule has 49 heavy (non-hydrogen) atoms. The van der Waals surface area contributed by atoms with Gasteiger partial charge >= 0.3 is 5.97 Å². The van der Waals surface area contributed by atoms with Crippen molar-refractivity contribution in [3.63, 3.8) is 0 Å². The first kappa shape index (κ1) is 34.6. The number of amides is 3. The topological polar surface area (TPSA) is 117 Å². The van der Waals surface area contributed by atoms with Crippen LogP contribution in [0, 0.1) is 11.8 Å². The second-order valence-corrected chi connectivity index (χ2v) is 13.7. The molecule has 10 heteroatoms. The maximum Gasteiger partial charge on any atom is 0.313 e. The smallest absolute Gasteiger partial charge is 0.313 e. The molecule has 0 aliphatic carbocycles. The lowest BCUT2D eigenvalue weighted by molar-refractivity contribution is -0.164. The molecule has 4 heterocycles. The average molecular weight is 670 g/mol. The van der Waals surface area contributed by atoms with Gasteiger partial charge in [0.25, 0.3) is 0 Å². The van der Waals surface area contributed by atoms with Crippen molar-refractivity contribution in [1.82, 2.24) is 14.7 Å². The standard InChI is InChI=1S/C39H47N3O7/c1-5-15-25(2)41-23-14-22-39-33(36(45)42(35(39)37(41)46)29(24-43)27-16-8-6-9-17-27)32-30(49-39)20-12-13-21-31(44)40(4)26(3)34(48-38(32)47)28-18-10-7-11-19-28/h6-12,14,16-20,22,25-26,29-30,32-35,43H,5,13,15,21,23-24H2,1-4H3/b20-12-/t25?,26-,29+,30-,32+,33+,34+,35-,39+/m0/s1. The zero-order valence-electron chi connectivity index (χ0n) is 28.7. The van der Waals surface area contributed by atoms with Crippen molar-refractivity contribution >= 4 is 23.7 Å². The Bertz CT molecular complexity index is 1600. The molecule has 2 aromatic carbocycles. The summed E-state index contributed by atoms with van der Waals surface area (Å²) >= 11 is 0. The summed E-state index contributed by atoms with van der Waals surface area (Å²) in [5, 5.41) is 10.8. The van der Waals surface area contributed by atoms with Crippen LogP contribution >= 0.6 is 0 Å². The third-order valence-electron chi connectivity index (χ3n) is 10.8. The van der Waals surface area contributed by atoms with Gasteiger partial charge in [-0.15, -0.1) is 0 Å². The Balaban J connectivity index is 1.49. The van der Waals surface area contributed by atoms with Gasteiger partial charge in [0.1, 0.15) is 23.7 Å². The summed E-state index contributed by atoms with van der Waals surface area (Å²) in [5.41, 5.74) is -0.116. The molecular formula is C39H47N3O7. The molecule has 10 nitrogen and oxygen atoms in total. The van der Waals surface area contributed by atoms with Crippen LogP contribution in [0.3, 0.4) is 0 Å². The summed E-state index contributed by atoms with van der Waals surface area (Å²) in [6.07, 6.45) is 7.80. The molecule has 1 N–H and O–H groups in total. The number of fused-ring (bicyclic) bond motifs is 2. The second kappa shape index (κ2) is 14.3. The lowest BCUT2D eigenvalue weighted by Gasteiger charge is -2.40. The Hall–Kier alpha value is -4.28. The molecule has 2 aromatic rings. The molecule has 3 amide bonds. The molecule has 2 fully saturated rings. The molecule has 6 rings (SSSR count). The van der Waals surface area contributed by atoms with Gasteiger partial charge in [-0.2, -0.15) is 0 Å². The van der Waals surface area contributed by atoms with Crippen LogP contribution in [0.1, 0.15) is 69.7 Å². The first-order chi connectivity index (χ1) is 23.6. The predicted octanol–water partition coefficient (Wildman–Crippen LogP) is 4.37. The highest BCUT2D eigenvalue weighted by Crippen LogP contribution is 2.55. The Kier molecular flexibility index (Phi) is 10.1. The van der Waals surface area contributed by atoms with Gasteiger partial charge in [0, 0.05) is 26.1 Å². The highest BCUT2D eigenvalue weighted by molar-refractivity contribution is 5.99. The van der Waals surface area contributed by atoms with Gasteiger partial charge in [-0.25, -0.2) is 0 Å². The number of cyclic esters (lactones) is 1. The third kappa shape index (κ3) is 6.10. The summed E-state index contributed by atoms with van der Waals surface area (Å²) in [4.78, 5) is 62.5. The van der Waals surface area contributed by atoms with E-state index in [1.165, 1.54) is 4.90 Å². The van der Waals surface area contributed by atoms with E-state index in [0.717, 1.165) is 12.8 Å². The molecule has 0 bridgehead atoms. The minimum Gasteiger partial charge on any atom is -0.455 e. The van der Waals surface area contributed by atoms with Crippen LogP contribution in [0.15, 0.2) is 85.0 Å². The molecule has 2 saturated heterocycles. The average Bonchev–Trinajstić information content (AvgIpc) is 3.50. The third-order valence-corrected chi connectivity index (χ3v) is 10.8. The summed E-state index contributed by atoms with van der Waals surface area (Å²) in [5.74, 6) is -3.66. The monoisotopic (exact) mass is 669 g/mol. The van der Waals surface area contributed by atoms with Crippen LogP contribution in [0.25, 0.3) is 0 Å². The molecule has 1 unspecified atom stereocenters. The number of nitrogens with zero attached hydrogens (tertiary/aromatic N) is 3. The second-order valence-electron chi connectivity index (χ2n) is 13.7. The first-order valence-electron chi connectivity index (χ1n) is 17.5. The Morgan fingerprint density at radius 1 is 0.980 bits per heavy atom. The summed E-state index contributed by atoms with van der Waals surface area (Å²) in [6.45, 7) is 5.80. The predicted molar refractivity (Wildman–Crippen MR) is 183 cm³/mol. The fraction of sp³-hybridized carbons (Fsp3) is 0.487. The fourth-order valence-corrected chi connectivity index (χ4v) is 8.18. The summed E-state index contributed by atoms with van der Waals surface area (Å²) < 4.78 is 13.2. The number of benzene rings is 2. The van der Waals surface area contributed by atoms with Gasteiger partial charge in [-0.05, 0) is 37.8 Å². The van der Waals surface area contributed by atoms with E-state index in [-0.39, 0.29) is 24.3 Å². The van der Waals surface area contributed by atoms with E-state index in [0.29, 0.717) is 24.1 Å². The molecular weight excluding hydrogens is 622 g/mol. The van der Waals surface area contributed by atoms with E-state index in [2.05, 4.69) is 6.92 Å². The molecule has 9 atom stereocenters. The van der Waals surface area contributed by atoms with Crippen LogP contribution < -0.4 is 0 Å². The molecule has 260 valence electrons. The van der Waals surface area contributed by atoms with Gasteiger partial charge < -0.3 is 29.3 Å². The van der Waals surface area contributed by atoms with Crippen molar-refractivity contribution in [3.05, 3.63) is 96.1 Å².